The molecule has 1 fully saturated rings. The first-order chi connectivity index (χ1) is 13.4. The van der Waals surface area contributed by atoms with Crippen LogP contribution in [0.1, 0.15) is 20.8 Å². The molecule has 0 aliphatic carbocycles. The Morgan fingerprint density at radius 3 is 2.71 bits per heavy atom. The predicted octanol–water partition coefficient (Wildman–Crippen LogP) is 3.54. The minimum Gasteiger partial charge on any atom is -0.378 e. The van der Waals surface area contributed by atoms with Crippen LogP contribution in [0.3, 0.4) is 0 Å². The first-order valence-corrected chi connectivity index (χ1v) is 10.7. The SMILES string of the molecule is CC(C)Cn1c(SC(C)C(=O)Nc2cccc(Cl)c2)nnc1N1CCOCC1. The van der Waals surface area contributed by atoms with Crippen molar-refractivity contribution >= 4 is 40.9 Å². The Labute approximate surface area is 174 Å². The Bertz CT molecular complexity index is 807. The molecule has 7 nitrogen and oxygen atoms in total. The monoisotopic (exact) mass is 423 g/mol. The Balaban J connectivity index is 1.72. The lowest BCUT2D eigenvalue weighted by Crippen LogP contribution is -2.38. The van der Waals surface area contributed by atoms with E-state index in [4.69, 9.17) is 16.3 Å². The number of carbonyl (C=O) groups is 1. The Morgan fingerprint density at radius 2 is 2.04 bits per heavy atom. The van der Waals surface area contributed by atoms with E-state index >= 15 is 0 Å². The summed E-state index contributed by atoms with van der Waals surface area (Å²) in [6.07, 6.45) is 0. The van der Waals surface area contributed by atoms with E-state index in [1.807, 2.05) is 19.1 Å². The largest absolute Gasteiger partial charge is 0.378 e. The number of anilines is 2. The summed E-state index contributed by atoms with van der Waals surface area (Å²) in [5.41, 5.74) is 0.683. The number of hydrogen-bond donors (Lipinski definition) is 1. The number of benzene rings is 1. The molecule has 2 aromatic rings. The number of amides is 1. The number of ether oxygens (including phenoxy) is 1. The van der Waals surface area contributed by atoms with Crippen molar-refractivity contribution in [2.45, 2.75) is 37.7 Å². The van der Waals surface area contributed by atoms with Crippen molar-refractivity contribution in [3.8, 4) is 0 Å². The molecule has 3 rings (SSSR count). The zero-order valence-corrected chi connectivity index (χ0v) is 18.0. The molecule has 1 saturated heterocycles. The van der Waals surface area contributed by atoms with Crippen LogP contribution in [-0.2, 0) is 16.1 Å². The molecule has 0 radical (unpaired) electrons. The highest BCUT2D eigenvalue weighted by Crippen LogP contribution is 2.28. The molecule has 1 aliphatic heterocycles. The molecule has 1 aliphatic rings. The van der Waals surface area contributed by atoms with Gasteiger partial charge in [-0.3, -0.25) is 9.36 Å². The van der Waals surface area contributed by atoms with Gasteiger partial charge < -0.3 is 15.0 Å². The molecule has 1 aromatic carbocycles. The summed E-state index contributed by atoms with van der Waals surface area (Å²) in [6, 6.07) is 7.13. The lowest BCUT2D eigenvalue weighted by atomic mass is 10.2. The molecule has 2 heterocycles. The van der Waals surface area contributed by atoms with Crippen LogP contribution in [0.2, 0.25) is 5.02 Å². The van der Waals surface area contributed by atoms with Gasteiger partial charge in [0.05, 0.1) is 18.5 Å². The molecule has 1 N–H and O–H groups in total. The number of morpholine rings is 1. The van der Waals surface area contributed by atoms with Crippen molar-refractivity contribution < 1.29 is 9.53 Å². The van der Waals surface area contributed by atoms with Gasteiger partial charge in [-0.15, -0.1) is 10.2 Å². The maximum atomic E-state index is 12.6. The van der Waals surface area contributed by atoms with E-state index in [0.29, 0.717) is 29.8 Å². The minimum atomic E-state index is -0.327. The number of nitrogens with one attached hydrogen (secondary N) is 1. The van der Waals surface area contributed by atoms with E-state index in [-0.39, 0.29) is 11.2 Å². The molecular formula is C19H26ClN5O2S. The van der Waals surface area contributed by atoms with Crippen molar-refractivity contribution in [3.05, 3.63) is 29.3 Å². The van der Waals surface area contributed by atoms with Crippen molar-refractivity contribution in [1.29, 1.82) is 0 Å². The van der Waals surface area contributed by atoms with E-state index in [9.17, 15) is 4.79 Å². The van der Waals surface area contributed by atoms with Crippen molar-refractivity contribution in [1.82, 2.24) is 14.8 Å². The maximum absolute atomic E-state index is 12.6. The van der Waals surface area contributed by atoms with Gasteiger partial charge in [-0.05, 0) is 31.0 Å². The summed E-state index contributed by atoms with van der Waals surface area (Å²) in [4.78, 5) is 14.8. The topological polar surface area (TPSA) is 72.3 Å². The van der Waals surface area contributed by atoms with Crippen molar-refractivity contribution in [3.63, 3.8) is 0 Å². The first-order valence-electron chi connectivity index (χ1n) is 9.43. The fraction of sp³-hybridized carbons (Fsp3) is 0.526. The van der Waals surface area contributed by atoms with Crippen LogP contribution >= 0.6 is 23.4 Å². The van der Waals surface area contributed by atoms with Crippen LogP contribution in [-0.4, -0.2) is 52.2 Å². The molecule has 0 spiro atoms. The van der Waals surface area contributed by atoms with Crippen LogP contribution in [0.25, 0.3) is 0 Å². The van der Waals surface area contributed by atoms with Gasteiger partial charge in [0.15, 0.2) is 5.16 Å². The second-order valence-corrected chi connectivity index (χ2v) is 8.89. The third-order valence-corrected chi connectivity index (χ3v) is 5.60. The van der Waals surface area contributed by atoms with Gasteiger partial charge in [0.25, 0.3) is 0 Å². The number of thioether (sulfide) groups is 1. The van der Waals surface area contributed by atoms with Crippen LogP contribution < -0.4 is 10.2 Å². The molecular weight excluding hydrogens is 398 g/mol. The summed E-state index contributed by atoms with van der Waals surface area (Å²) in [7, 11) is 0. The van der Waals surface area contributed by atoms with Gasteiger partial charge in [-0.25, -0.2) is 0 Å². The van der Waals surface area contributed by atoms with E-state index < -0.39 is 0 Å². The molecule has 0 bridgehead atoms. The Morgan fingerprint density at radius 1 is 1.29 bits per heavy atom. The van der Waals surface area contributed by atoms with Crippen LogP contribution in [0.5, 0.6) is 0 Å². The Kier molecular flexibility index (Phi) is 7.20. The molecule has 152 valence electrons. The van der Waals surface area contributed by atoms with Crippen LogP contribution in [0.15, 0.2) is 29.4 Å². The number of aromatic nitrogens is 3. The first kappa shape index (κ1) is 21.0. The molecule has 9 heteroatoms. The highest BCUT2D eigenvalue weighted by Gasteiger charge is 2.24. The number of nitrogens with zero attached hydrogens (tertiary/aromatic N) is 4. The second kappa shape index (κ2) is 9.62. The molecule has 1 aromatic heterocycles. The maximum Gasteiger partial charge on any atom is 0.237 e. The third kappa shape index (κ3) is 5.40. The molecule has 1 atom stereocenters. The van der Waals surface area contributed by atoms with Gasteiger partial charge in [-0.1, -0.05) is 43.3 Å². The molecule has 28 heavy (non-hydrogen) atoms. The minimum absolute atomic E-state index is 0.0979. The highest BCUT2D eigenvalue weighted by atomic mass is 35.5. The van der Waals surface area contributed by atoms with Gasteiger partial charge in [-0.2, -0.15) is 0 Å². The Hall–Kier alpha value is -1.77. The summed E-state index contributed by atoms with van der Waals surface area (Å²) >= 11 is 7.41. The number of halogens is 1. The second-order valence-electron chi connectivity index (χ2n) is 7.15. The average Bonchev–Trinajstić information content (AvgIpc) is 3.04. The van der Waals surface area contributed by atoms with Crippen molar-refractivity contribution in [2.24, 2.45) is 5.92 Å². The molecule has 0 saturated carbocycles. The van der Waals surface area contributed by atoms with Crippen LogP contribution in [0, 0.1) is 5.92 Å². The lowest BCUT2D eigenvalue weighted by molar-refractivity contribution is -0.115. The smallest absolute Gasteiger partial charge is 0.237 e. The fourth-order valence-corrected chi connectivity index (χ4v) is 3.96. The summed E-state index contributed by atoms with van der Waals surface area (Å²) in [5, 5.41) is 12.7. The predicted molar refractivity (Wildman–Crippen MR) is 113 cm³/mol. The quantitative estimate of drug-likeness (QED) is 0.686. The summed E-state index contributed by atoms with van der Waals surface area (Å²) in [6.45, 7) is 9.96. The normalized spacial score (nSPS) is 15.7. The summed E-state index contributed by atoms with van der Waals surface area (Å²) < 4.78 is 7.56. The lowest BCUT2D eigenvalue weighted by Gasteiger charge is -2.28. The van der Waals surface area contributed by atoms with E-state index in [2.05, 4.69) is 38.8 Å². The van der Waals surface area contributed by atoms with Crippen LogP contribution in [0.4, 0.5) is 11.6 Å². The number of carbonyl (C=O) groups excluding carboxylic acids is 1. The zero-order chi connectivity index (χ0) is 20.1. The molecule has 1 amide bonds. The van der Waals surface area contributed by atoms with E-state index in [1.54, 1.807) is 12.1 Å². The van der Waals surface area contributed by atoms with Crippen molar-refractivity contribution in [2.75, 3.05) is 36.5 Å². The van der Waals surface area contributed by atoms with E-state index in [0.717, 1.165) is 30.7 Å². The molecule has 1 unspecified atom stereocenters. The van der Waals surface area contributed by atoms with Gasteiger partial charge in [0.1, 0.15) is 0 Å². The van der Waals surface area contributed by atoms with Gasteiger partial charge in [0, 0.05) is 30.3 Å². The summed E-state index contributed by atoms with van der Waals surface area (Å²) in [5.74, 6) is 1.19. The standard InChI is InChI=1S/C19H26ClN5O2S/c1-13(2)12-25-18(24-7-9-27-10-8-24)22-23-19(25)28-14(3)17(26)21-16-6-4-5-15(20)11-16/h4-6,11,13-14H,7-10,12H2,1-3H3,(H,21,26). The van der Waals surface area contributed by atoms with E-state index in [1.165, 1.54) is 11.8 Å². The fourth-order valence-electron chi connectivity index (χ4n) is 2.91. The zero-order valence-electron chi connectivity index (χ0n) is 16.4. The highest BCUT2D eigenvalue weighted by molar-refractivity contribution is 8.00. The third-order valence-electron chi connectivity index (χ3n) is 4.28. The number of rotatable bonds is 7. The number of hydrogen-bond acceptors (Lipinski definition) is 6. The van der Waals surface area contributed by atoms with Gasteiger partial charge >= 0.3 is 0 Å². The van der Waals surface area contributed by atoms with Gasteiger partial charge in [0.2, 0.25) is 11.9 Å². The average molecular weight is 424 g/mol.